The third-order valence-electron chi connectivity index (χ3n) is 6.91. The Balaban J connectivity index is 1.26. The van der Waals surface area contributed by atoms with E-state index in [1.54, 1.807) is 6.33 Å². The molecular weight excluding hydrogens is 364 g/mol. The molecule has 1 saturated carbocycles. The van der Waals surface area contributed by atoms with Gasteiger partial charge in [-0.2, -0.15) is 0 Å². The zero-order valence-corrected chi connectivity index (χ0v) is 17.9. The molecule has 1 amide bonds. The molecule has 2 saturated heterocycles. The minimum absolute atomic E-state index is 0.344. The first kappa shape index (κ1) is 20.4. The van der Waals surface area contributed by atoms with E-state index in [0.29, 0.717) is 5.91 Å². The van der Waals surface area contributed by atoms with Gasteiger partial charge in [-0.3, -0.25) is 4.79 Å². The Morgan fingerprint density at radius 3 is 2.10 bits per heavy atom. The van der Waals surface area contributed by atoms with Gasteiger partial charge >= 0.3 is 0 Å². The SMILES string of the molecule is CN1CCN(c2cc(N3CCN(C(=O)CCC4CCCCC4)CC3)ncn2)CC1. The molecule has 3 fully saturated rings. The lowest BCUT2D eigenvalue weighted by Gasteiger charge is -2.36. The minimum atomic E-state index is 0.344. The van der Waals surface area contributed by atoms with Crippen LogP contribution in [-0.2, 0) is 4.79 Å². The number of piperazine rings is 2. The standard InChI is InChI=1S/C22H36N6O/c1-25-9-11-26(12-10-25)20-17-21(24-18-23-20)27-13-15-28(16-14-27)22(29)8-7-19-5-3-2-4-6-19/h17-19H,2-16H2,1H3. The van der Waals surface area contributed by atoms with Crippen LogP contribution in [0, 0.1) is 5.92 Å². The quantitative estimate of drug-likeness (QED) is 0.756. The average molecular weight is 401 g/mol. The fourth-order valence-electron chi connectivity index (χ4n) is 4.87. The Morgan fingerprint density at radius 1 is 0.897 bits per heavy atom. The van der Waals surface area contributed by atoms with Crippen molar-refractivity contribution in [3.8, 4) is 0 Å². The fraction of sp³-hybridized carbons (Fsp3) is 0.773. The maximum absolute atomic E-state index is 12.6. The molecule has 0 spiro atoms. The second kappa shape index (κ2) is 9.74. The summed E-state index contributed by atoms with van der Waals surface area (Å²) in [5, 5.41) is 0. The Hall–Kier alpha value is -1.89. The van der Waals surface area contributed by atoms with E-state index in [0.717, 1.165) is 82.8 Å². The van der Waals surface area contributed by atoms with Crippen molar-refractivity contribution in [2.75, 3.05) is 69.2 Å². The van der Waals surface area contributed by atoms with Gasteiger partial charge in [0, 0.05) is 64.8 Å². The van der Waals surface area contributed by atoms with Gasteiger partial charge in [-0.1, -0.05) is 32.1 Å². The molecule has 7 heteroatoms. The zero-order valence-electron chi connectivity index (χ0n) is 17.9. The van der Waals surface area contributed by atoms with E-state index in [2.05, 4.69) is 42.7 Å². The van der Waals surface area contributed by atoms with Crippen molar-refractivity contribution in [3.05, 3.63) is 12.4 Å². The van der Waals surface area contributed by atoms with Crippen molar-refractivity contribution in [1.82, 2.24) is 19.8 Å². The molecule has 0 aromatic carbocycles. The molecule has 160 valence electrons. The van der Waals surface area contributed by atoms with Crippen LogP contribution in [0.3, 0.4) is 0 Å². The summed E-state index contributed by atoms with van der Waals surface area (Å²) in [5.74, 6) is 3.14. The number of anilines is 2. The summed E-state index contributed by atoms with van der Waals surface area (Å²) in [7, 11) is 2.17. The summed E-state index contributed by atoms with van der Waals surface area (Å²) in [5.41, 5.74) is 0. The molecule has 1 aliphatic carbocycles. The number of carbonyl (C=O) groups excluding carboxylic acids is 1. The molecule has 1 aromatic heterocycles. The van der Waals surface area contributed by atoms with E-state index in [-0.39, 0.29) is 0 Å². The van der Waals surface area contributed by atoms with Crippen molar-refractivity contribution >= 4 is 17.5 Å². The second-order valence-corrected chi connectivity index (χ2v) is 8.94. The van der Waals surface area contributed by atoms with Crippen LogP contribution in [-0.4, -0.2) is 85.1 Å². The van der Waals surface area contributed by atoms with Gasteiger partial charge in [0.2, 0.25) is 5.91 Å². The van der Waals surface area contributed by atoms with E-state index in [1.165, 1.54) is 32.1 Å². The van der Waals surface area contributed by atoms with E-state index in [9.17, 15) is 4.79 Å². The number of amides is 1. The summed E-state index contributed by atoms with van der Waals surface area (Å²) < 4.78 is 0. The number of nitrogens with zero attached hydrogens (tertiary/aromatic N) is 6. The highest BCUT2D eigenvalue weighted by Gasteiger charge is 2.24. The van der Waals surface area contributed by atoms with Crippen molar-refractivity contribution < 1.29 is 4.79 Å². The van der Waals surface area contributed by atoms with Gasteiger partial charge in [-0.25, -0.2) is 9.97 Å². The highest BCUT2D eigenvalue weighted by atomic mass is 16.2. The number of carbonyl (C=O) groups is 1. The van der Waals surface area contributed by atoms with Crippen LogP contribution in [0.25, 0.3) is 0 Å². The third kappa shape index (κ3) is 5.38. The van der Waals surface area contributed by atoms with Gasteiger partial charge in [0.25, 0.3) is 0 Å². The van der Waals surface area contributed by atoms with Gasteiger partial charge in [-0.05, 0) is 19.4 Å². The molecule has 3 heterocycles. The Kier molecular flexibility index (Phi) is 6.85. The highest BCUT2D eigenvalue weighted by Crippen LogP contribution is 2.27. The summed E-state index contributed by atoms with van der Waals surface area (Å²) in [6.07, 6.45) is 10.2. The van der Waals surface area contributed by atoms with Crippen molar-refractivity contribution in [1.29, 1.82) is 0 Å². The van der Waals surface area contributed by atoms with E-state index in [4.69, 9.17) is 0 Å². The van der Waals surface area contributed by atoms with Gasteiger partial charge in [0.1, 0.15) is 18.0 Å². The molecule has 3 aliphatic rings. The maximum Gasteiger partial charge on any atom is 0.222 e. The molecular formula is C22H36N6O. The molecule has 0 unspecified atom stereocenters. The van der Waals surface area contributed by atoms with Crippen molar-refractivity contribution in [2.45, 2.75) is 44.9 Å². The summed E-state index contributed by atoms with van der Waals surface area (Å²) >= 11 is 0. The fourth-order valence-corrected chi connectivity index (χ4v) is 4.87. The van der Waals surface area contributed by atoms with E-state index >= 15 is 0 Å². The summed E-state index contributed by atoms with van der Waals surface area (Å²) in [6, 6.07) is 2.12. The molecule has 4 rings (SSSR count). The van der Waals surface area contributed by atoms with Crippen LogP contribution in [0.15, 0.2) is 12.4 Å². The lowest BCUT2D eigenvalue weighted by atomic mass is 9.86. The molecule has 0 atom stereocenters. The Morgan fingerprint density at radius 2 is 1.48 bits per heavy atom. The molecule has 2 aliphatic heterocycles. The third-order valence-corrected chi connectivity index (χ3v) is 6.91. The van der Waals surface area contributed by atoms with Gasteiger partial charge in [0.05, 0.1) is 0 Å². The number of aromatic nitrogens is 2. The molecule has 0 radical (unpaired) electrons. The molecule has 29 heavy (non-hydrogen) atoms. The maximum atomic E-state index is 12.6. The van der Waals surface area contributed by atoms with Crippen LogP contribution < -0.4 is 9.80 Å². The molecule has 0 bridgehead atoms. The summed E-state index contributed by atoms with van der Waals surface area (Å²) in [4.78, 5) is 30.7. The largest absolute Gasteiger partial charge is 0.354 e. The lowest BCUT2D eigenvalue weighted by Crippen LogP contribution is -2.49. The van der Waals surface area contributed by atoms with Gasteiger partial charge in [-0.15, -0.1) is 0 Å². The number of hydrogen-bond donors (Lipinski definition) is 0. The Labute approximate surface area is 175 Å². The molecule has 7 nitrogen and oxygen atoms in total. The van der Waals surface area contributed by atoms with E-state index in [1.807, 2.05) is 0 Å². The van der Waals surface area contributed by atoms with Crippen LogP contribution >= 0.6 is 0 Å². The van der Waals surface area contributed by atoms with Crippen LogP contribution in [0.5, 0.6) is 0 Å². The van der Waals surface area contributed by atoms with Crippen LogP contribution in [0.1, 0.15) is 44.9 Å². The van der Waals surface area contributed by atoms with Crippen LogP contribution in [0.4, 0.5) is 11.6 Å². The first-order valence-electron chi connectivity index (χ1n) is 11.5. The van der Waals surface area contributed by atoms with Gasteiger partial charge < -0.3 is 19.6 Å². The average Bonchev–Trinajstić information content (AvgIpc) is 2.79. The smallest absolute Gasteiger partial charge is 0.222 e. The van der Waals surface area contributed by atoms with E-state index < -0.39 is 0 Å². The van der Waals surface area contributed by atoms with Crippen molar-refractivity contribution in [2.24, 2.45) is 5.92 Å². The number of likely N-dealkylation sites (N-methyl/N-ethyl adjacent to an activating group) is 1. The van der Waals surface area contributed by atoms with Crippen molar-refractivity contribution in [3.63, 3.8) is 0 Å². The first-order chi connectivity index (χ1) is 14.2. The predicted octanol–water partition coefficient (Wildman–Crippen LogP) is 2.24. The highest BCUT2D eigenvalue weighted by molar-refractivity contribution is 5.76. The number of hydrogen-bond acceptors (Lipinski definition) is 6. The summed E-state index contributed by atoms with van der Waals surface area (Å²) in [6.45, 7) is 7.48. The molecule has 1 aromatic rings. The monoisotopic (exact) mass is 400 g/mol. The second-order valence-electron chi connectivity index (χ2n) is 8.94. The topological polar surface area (TPSA) is 55.8 Å². The normalized spacial score (nSPS) is 22.2. The predicted molar refractivity (Wildman–Crippen MR) is 116 cm³/mol. The van der Waals surface area contributed by atoms with Gasteiger partial charge in [0.15, 0.2) is 0 Å². The lowest BCUT2D eigenvalue weighted by molar-refractivity contribution is -0.131. The minimum Gasteiger partial charge on any atom is -0.354 e. The number of rotatable bonds is 5. The van der Waals surface area contributed by atoms with Crippen LogP contribution in [0.2, 0.25) is 0 Å². The zero-order chi connectivity index (χ0) is 20.1. The Bertz CT molecular complexity index is 661. The first-order valence-corrected chi connectivity index (χ1v) is 11.5. The molecule has 0 N–H and O–H groups in total.